The summed E-state index contributed by atoms with van der Waals surface area (Å²) in [7, 11) is 0. The molecule has 0 aromatic carbocycles. The minimum atomic E-state index is -0.239. The number of ketones is 4. The average Bonchev–Trinajstić information content (AvgIpc) is 3.65. The first kappa shape index (κ1) is 50.1. The maximum absolute atomic E-state index is 14.3. The molecule has 0 heterocycles. The molecule has 0 bridgehead atoms. The fourth-order valence-corrected chi connectivity index (χ4v) is 22.2. The van der Waals surface area contributed by atoms with Crippen LogP contribution in [0.25, 0.3) is 0 Å². The van der Waals surface area contributed by atoms with Gasteiger partial charge in [0.05, 0.1) is 0 Å². The Morgan fingerprint density at radius 2 is 1.24 bits per heavy atom. The molecule has 7 unspecified atom stereocenters. The summed E-state index contributed by atoms with van der Waals surface area (Å²) >= 11 is 0. The van der Waals surface area contributed by atoms with Crippen molar-refractivity contribution in [3.63, 3.8) is 0 Å². The molecule has 0 saturated heterocycles. The zero-order valence-electron chi connectivity index (χ0n) is 46.0. The van der Waals surface area contributed by atoms with Crippen LogP contribution in [0.4, 0.5) is 0 Å². The number of carbonyl (C=O) groups is 4. The molecule has 0 aromatic rings. The van der Waals surface area contributed by atoms with Crippen molar-refractivity contribution >= 4 is 23.1 Å². The first-order chi connectivity index (χ1) is 30.8. The van der Waals surface area contributed by atoms with Gasteiger partial charge in [0.2, 0.25) is 0 Å². The Labute approximate surface area is 410 Å². The van der Waals surface area contributed by atoms with E-state index in [9.17, 15) is 19.2 Å². The van der Waals surface area contributed by atoms with E-state index in [1.807, 2.05) is 6.92 Å². The summed E-state index contributed by atoms with van der Waals surface area (Å²) in [5.74, 6) is 6.36. The molecule has 10 aliphatic carbocycles. The summed E-state index contributed by atoms with van der Waals surface area (Å²) in [6, 6.07) is 0. The molecule has 4 heteroatoms. The predicted octanol–water partition coefficient (Wildman–Crippen LogP) is 16.0. The molecule has 0 N–H and O–H groups in total. The van der Waals surface area contributed by atoms with Gasteiger partial charge in [0.1, 0.15) is 17.3 Å². The standard InChI is InChI=1S/C32H50O2.C31H48O2/c1-20-10-12-30(7)25(27(20,3)4)11-13-32(9)26(30)24(34)18-22-23-19-29(6,21(2)33)15-14-28(23,5)16-17-31(22,32)8;1-19(2)21-11-16-31(20(3)32)18-17-29(7)22(26(21)31)9-10-24-28(6)14-13-25(33)27(4,5)23(28)12-15-30(24,29)8/h18,20,23,25-26H,10-17,19H2,1-9H3;21-24,26H,1,9-18H2,2-8H3/t20-,23?,25?,26?,28+,29-,30-,31+,32+;21-,22?,23?,24?,26?,28-,29+,30+,31+/m00/s1. The van der Waals surface area contributed by atoms with Gasteiger partial charge in [-0.25, -0.2) is 0 Å². The number of carbonyl (C=O) groups excluding carboxylic acids is 4. The Morgan fingerprint density at radius 3 is 1.88 bits per heavy atom. The smallest absolute Gasteiger partial charge is 0.159 e. The van der Waals surface area contributed by atoms with Crippen molar-refractivity contribution in [2.45, 2.75) is 233 Å². The SMILES string of the molecule is C=C(C)[C@@H]1CC[C@]2(C(C)=O)CC[C@]3(C)C(CCC4[C@@]5(C)CCC(=O)C(C)(C)C5CC[C@]43C)C12.CC(=O)[C@@]1(C)CC[C@]2(C)CC[C@]3(C)C(=CC(=O)C4[C@@]5(C)CC[C@H](C)C(C)(C)C5CC[C@]43C)C2C1. The van der Waals surface area contributed by atoms with Gasteiger partial charge in [0.15, 0.2) is 5.78 Å². The maximum Gasteiger partial charge on any atom is 0.159 e. The van der Waals surface area contributed by atoms with Gasteiger partial charge in [-0.15, -0.1) is 0 Å². The molecule has 0 aromatic heterocycles. The highest BCUT2D eigenvalue weighted by molar-refractivity contribution is 5.96. The van der Waals surface area contributed by atoms with Gasteiger partial charge in [-0.05, 0) is 233 Å². The van der Waals surface area contributed by atoms with E-state index in [0.29, 0.717) is 70.0 Å². The highest BCUT2D eigenvalue weighted by atomic mass is 16.1. The highest BCUT2D eigenvalue weighted by Gasteiger charge is 2.73. The van der Waals surface area contributed by atoms with Crippen LogP contribution in [-0.4, -0.2) is 23.1 Å². The third-order valence-electron chi connectivity index (χ3n) is 27.5. The van der Waals surface area contributed by atoms with Crippen LogP contribution in [0, 0.1) is 113 Å². The molecule has 0 amide bonds. The normalized spacial score (nSPS) is 53.5. The lowest BCUT2D eigenvalue weighted by Gasteiger charge is -2.72. The van der Waals surface area contributed by atoms with Crippen molar-refractivity contribution in [2.75, 3.05) is 0 Å². The second-order valence-electron chi connectivity index (χ2n) is 30.1. The Hall–Kier alpha value is -1.84. The van der Waals surface area contributed by atoms with Crippen LogP contribution in [0.2, 0.25) is 0 Å². The zero-order chi connectivity index (χ0) is 49.3. The van der Waals surface area contributed by atoms with E-state index in [4.69, 9.17) is 0 Å². The van der Waals surface area contributed by atoms with Crippen LogP contribution in [0.3, 0.4) is 0 Å². The molecule has 9 fully saturated rings. The molecule has 18 atom stereocenters. The second kappa shape index (κ2) is 15.3. The molecule has 10 rings (SSSR count). The van der Waals surface area contributed by atoms with Crippen LogP contribution in [0.15, 0.2) is 23.8 Å². The fourth-order valence-electron chi connectivity index (χ4n) is 22.2. The number of hydrogen-bond acceptors (Lipinski definition) is 4. The molecule has 67 heavy (non-hydrogen) atoms. The molecule has 4 nitrogen and oxygen atoms in total. The molecule has 0 spiro atoms. The number of Topliss-reactive ketones (excluding diaryl/α,β-unsaturated/α-hetero) is 3. The quantitative estimate of drug-likeness (QED) is 0.265. The van der Waals surface area contributed by atoms with Crippen LogP contribution in [0.1, 0.15) is 233 Å². The lowest BCUT2D eigenvalue weighted by atomic mass is 9.32. The van der Waals surface area contributed by atoms with Crippen LogP contribution in [0.5, 0.6) is 0 Å². The summed E-state index contributed by atoms with van der Waals surface area (Å²) < 4.78 is 0. The van der Waals surface area contributed by atoms with Crippen molar-refractivity contribution in [3.05, 3.63) is 23.8 Å². The van der Waals surface area contributed by atoms with Gasteiger partial charge in [-0.2, -0.15) is 0 Å². The summed E-state index contributed by atoms with van der Waals surface area (Å²) in [4.78, 5) is 53.1. The number of rotatable bonds is 3. The van der Waals surface area contributed by atoms with Crippen molar-refractivity contribution in [2.24, 2.45) is 113 Å². The molecule has 0 aliphatic heterocycles. The maximum atomic E-state index is 14.3. The molecule has 9 saturated carbocycles. The molecule has 10 aliphatic rings. The van der Waals surface area contributed by atoms with E-state index in [-0.39, 0.29) is 60.1 Å². The minimum Gasteiger partial charge on any atom is -0.299 e. The van der Waals surface area contributed by atoms with Gasteiger partial charge in [0.25, 0.3) is 0 Å². The van der Waals surface area contributed by atoms with Gasteiger partial charge in [-0.1, -0.05) is 108 Å². The molecule has 374 valence electrons. The first-order valence-electron chi connectivity index (χ1n) is 28.3. The molecular weight excluding hydrogens is 821 g/mol. The topological polar surface area (TPSA) is 68.3 Å². The molecule has 0 radical (unpaired) electrons. The van der Waals surface area contributed by atoms with E-state index in [2.05, 4.69) is 110 Å². The Balaban J connectivity index is 0.000000168. The van der Waals surface area contributed by atoms with Gasteiger partial charge in [-0.3, -0.25) is 19.2 Å². The first-order valence-corrected chi connectivity index (χ1v) is 28.3. The fraction of sp³-hybridized carbons (Fsp3) is 0.873. The summed E-state index contributed by atoms with van der Waals surface area (Å²) in [6.07, 6.45) is 23.8. The second-order valence-corrected chi connectivity index (χ2v) is 30.1. The van der Waals surface area contributed by atoms with Gasteiger partial charge < -0.3 is 0 Å². The Kier molecular flexibility index (Phi) is 11.5. The van der Waals surface area contributed by atoms with E-state index in [1.165, 1.54) is 81.8 Å². The zero-order valence-corrected chi connectivity index (χ0v) is 46.0. The monoisotopic (exact) mass is 919 g/mol. The average molecular weight is 919 g/mol. The van der Waals surface area contributed by atoms with Crippen LogP contribution < -0.4 is 0 Å². The van der Waals surface area contributed by atoms with Crippen molar-refractivity contribution in [1.82, 2.24) is 0 Å². The van der Waals surface area contributed by atoms with E-state index in [0.717, 1.165) is 57.3 Å². The summed E-state index contributed by atoms with van der Waals surface area (Å²) in [5, 5.41) is 0. The van der Waals surface area contributed by atoms with E-state index < -0.39 is 0 Å². The molecular formula is C63H98O4. The Morgan fingerprint density at radius 1 is 0.597 bits per heavy atom. The van der Waals surface area contributed by atoms with E-state index >= 15 is 0 Å². The van der Waals surface area contributed by atoms with Crippen molar-refractivity contribution < 1.29 is 19.2 Å². The van der Waals surface area contributed by atoms with Crippen LogP contribution in [-0.2, 0) is 19.2 Å². The van der Waals surface area contributed by atoms with Crippen molar-refractivity contribution in [1.29, 1.82) is 0 Å². The predicted molar refractivity (Wildman–Crippen MR) is 274 cm³/mol. The van der Waals surface area contributed by atoms with Gasteiger partial charge in [0, 0.05) is 28.6 Å². The van der Waals surface area contributed by atoms with Crippen molar-refractivity contribution in [3.8, 4) is 0 Å². The third-order valence-corrected chi connectivity index (χ3v) is 27.5. The summed E-state index contributed by atoms with van der Waals surface area (Å²) in [5.41, 5.74) is 3.74. The highest BCUT2D eigenvalue weighted by Crippen LogP contribution is 2.79. The number of allylic oxidation sites excluding steroid dienone is 3. The number of hydrogen-bond donors (Lipinski definition) is 0. The minimum absolute atomic E-state index is 0.0154. The van der Waals surface area contributed by atoms with Crippen LogP contribution >= 0.6 is 0 Å². The lowest BCUT2D eigenvalue weighted by molar-refractivity contribution is -0.232. The lowest BCUT2D eigenvalue weighted by Crippen LogP contribution is -2.66. The largest absolute Gasteiger partial charge is 0.299 e. The summed E-state index contributed by atoms with van der Waals surface area (Å²) in [6.45, 7) is 42.2. The Bertz CT molecular complexity index is 2160. The number of fused-ring (bicyclic) bond motifs is 14. The van der Waals surface area contributed by atoms with E-state index in [1.54, 1.807) is 6.92 Å². The third kappa shape index (κ3) is 6.38. The van der Waals surface area contributed by atoms with Gasteiger partial charge >= 0.3 is 0 Å².